The van der Waals surface area contributed by atoms with Crippen LogP contribution >= 0.6 is 12.4 Å². The molecule has 1 unspecified atom stereocenters. The van der Waals surface area contributed by atoms with Crippen molar-refractivity contribution < 1.29 is 4.79 Å². The SMILES string of the molecule is CCCCc1ccc(NC(=O)C2CCCNC2)cc1.Cl. The minimum Gasteiger partial charge on any atom is -0.326 e. The lowest BCUT2D eigenvalue weighted by Gasteiger charge is -2.21. The third-order valence-electron chi connectivity index (χ3n) is 3.71. The van der Waals surface area contributed by atoms with E-state index in [2.05, 4.69) is 29.7 Å². The summed E-state index contributed by atoms with van der Waals surface area (Å²) in [6, 6.07) is 8.26. The van der Waals surface area contributed by atoms with E-state index in [0.717, 1.165) is 38.0 Å². The Balaban J connectivity index is 0.00000200. The summed E-state index contributed by atoms with van der Waals surface area (Å²) in [4.78, 5) is 12.1. The molecule has 1 fully saturated rings. The highest BCUT2D eigenvalue weighted by atomic mass is 35.5. The summed E-state index contributed by atoms with van der Waals surface area (Å²) in [5, 5.41) is 6.29. The van der Waals surface area contributed by atoms with Crippen LogP contribution in [0.5, 0.6) is 0 Å². The molecule has 20 heavy (non-hydrogen) atoms. The second kappa shape index (κ2) is 8.98. The molecule has 0 bridgehead atoms. The molecular weight excluding hydrogens is 272 g/mol. The Morgan fingerprint density at radius 3 is 2.70 bits per heavy atom. The highest BCUT2D eigenvalue weighted by molar-refractivity contribution is 5.92. The molecule has 2 N–H and O–H groups in total. The fraction of sp³-hybridized carbons (Fsp3) is 0.562. The fourth-order valence-electron chi connectivity index (χ4n) is 2.46. The van der Waals surface area contributed by atoms with Gasteiger partial charge in [0, 0.05) is 12.2 Å². The minimum atomic E-state index is 0. The molecule has 1 aliphatic heterocycles. The zero-order chi connectivity index (χ0) is 13.5. The Kier molecular flexibility index (Phi) is 7.63. The van der Waals surface area contributed by atoms with Crippen molar-refractivity contribution in [3.05, 3.63) is 29.8 Å². The molecule has 0 spiro atoms. The van der Waals surface area contributed by atoms with Gasteiger partial charge in [-0.25, -0.2) is 0 Å². The molecule has 1 amide bonds. The van der Waals surface area contributed by atoms with E-state index in [-0.39, 0.29) is 24.2 Å². The molecule has 0 aliphatic carbocycles. The summed E-state index contributed by atoms with van der Waals surface area (Å²) in [5.41, 5.74) is 2.26. The van der Waals surface area contributed by atoms with Crippen LogP contribution in [-0.2, 0) is 11.2 Å². The van der Waals surface area contributed by atoms with Gasteiger partial charge in [0.2, 0.25) is 5.91 Å². The number of benzene rings is 1. The number of rotatable bonds is 5. The average molecular weight is 297 g/mol. The van der Waals surface area contributed by atoms with Crippen LogP contribution < -0.4 is 10.6 Å². The molecule has 0 radical (unpaired) electrons. The van der Waals surface area contributed by atoms with E-state index in [4.69, 9.17) is 0 Å². The molecule has 0 saturated carbocycles. The van der Waals surface area contributed by atoms with E-state index in [0.29, 0.717) is 0 Å². The van der Waals surface area contributed by atoms with Gasteiger partial charge in [0.25, 0.3) is 0 Å². The predicted molar refractivity (Wildman–Crippen MR) is 86.5 cm³/mol. The first kappa shape index (κ1) is 17.0. The van der Waals surface area contributed by atoms with Crippen LogP contribution in [0, 0.1) is 5.92 Å². The molecule has 1 heterocycles. The summed E-state index contributed by atoms with van der Waals surface area (Å²) in [7, 11) is 0. The summed E-state index contributed by atoms with van der Waals surface area (Å²) < 4.78 is 0. The van der Waals surface area contributed by atoms with Gasteiger partial charge in [-0.3, -0.25) is 4.79 Å². The minimum absolute atomic E-state index is 0. The van der Waals surface area contributed by atoms with Crippen molar-refractivity contribution in [3.8, 4) is 0 Å². The second-order valence-corrected chi connectivity index (χ2v) is 5.33. The van der Waals surface area contributed by atoms with Crippen molar-refractivity contribution >= 4 is 24.0 Å². The molecular formula is C16H25ClN2O. The molecule has 4 heteroatoms. The number of unbranched alkanes of at least 4 members (excludes halogenated alkanes) is 1. The van der Waals surface area contributed by atoms with Gasteiger partial charge in [-0.05, 0) is 49.9 Å². The van der Waals surface area contributed by atoms with Crippen molar-refractivity contribution in [2.75, 3.05) is 18.4 Å². The third kappa shape index (κ3) is 5.14. The lowest BCUT2D eigenvalue weighted by atomic mass is 9.98. The Hall–Kier alpha value is -1.06. The molecule has 2 rings (SSSR count). The number of anilines is 1. The topological polar surface area (TPSA) is 41.1 Å². The summed E-state index contributed by atoms with van der Waals surface area (Å²) in [6.45, 7) is 4.04. The van der Waals surface area contributed by atoms with Gasteiger partial charge in [-0.15, -0.1) is 12.4 Å². The van der Waals surface area contributed by atoms with Crippen LogP contribution in [0.4, 0.5) is 5.69 Å². The first-order valence-corrected chi connectivity index (χ1v) is 7.40. The van der Waals surface area contributed by atoms with Gasteiger partial charge in [0.1, 0.15) is 0 Å². The zero-order valence-corrected chi connectivity index (χ0v) is 13.0. The first-order valence-electron chi connectivity index (χ1n) is 7.40. The lowest BCUT2D eigenvalue weighted by Crippen LogP contribution is -2.37. The number of aryl methyl sites for hydroxylation is 1. The van der Waals surface area contributed by atoms with Crippen LogP contribution in [0.15, 0.2) is 24.3 Å². The molecule has 0 aromatic heterocycles. The maximum absolute atomic E-state index is 12.1. The Morgan fingerprint density at radius 2 is 2.10 bits per heavy atom. The largest absolute Gasteiger partial charge is 0.326 e. The van der Waals surface area contributed by atoms with Crippen LogP contribution in [0.1, 0.15) is 38.2 Å². The third-order valence-corrected chi connectivity index (χ3v) is 3.71. The molecule has 1 aromatic rings. The number of amides is 1. The van der Waals surface area contributed by atoms with Gasteiger partial charge in [0.05, 0.1) is 5.92 Å². The molecule has 1 atom stereocenters. The standard InChI is InChI=1S/C16H24N2O.ClH/c1-2-3-5-13-7-9-15(10-8-13)18-16(19)14-6-4-11-17-12-14;/h7-10,14,17H,2-6,11-12H2,1H3,(H,18,19);1H. The van der Waals surface area contributed by atoms with Gasteiger partial charge in [0.15, 0.2) is 0 Å². The van der Waals surface area contributed by atoms with Crippen molar-refractivity contribution in [1.82, 2.24) is 5.32 Å². The van der Waals surface area contributed by atoms with Crippen LogP contribution in [0.2, 0.25) is 0 Å². The van der Waals surface area contributed by atoms with E-state index < -0.39 is 0 Å². The first-order chi connectivity index (χ1) is 9.29. The molecule has 1 aliphatic rings. The van der Waals surface area contributed by atoms with E-state index in [1.165, 1.54) is 18.4 Å². The number of halogens is 1. The van der Waals surface area contributed by atoms with Crippen molar-refractivity contribution in [2.24, 2.45) is 5.92 Å². The van der Waals surface area contributed by atoms with Crippen molar-refractivity contribution in [3.63, 3.8) is 0 Å². The van der Waals surface area contributed by atoms with Crippen molar-refractivity contribution in [2.45, 2.75) is 39.0 Å². The van der Waals surface area contributed by atoms with E-state index in [1.54, 1.807) is 0 Å². The summed E-state index contributed by atoms with van der Waals surface area (Å²) in [6.07, 6.45) is 5.64. The maximum atomic E-state index is 12.1. The number of nitrogens with one attached hydrogen (secondary N) is 2. The molecule has 1 saturated heterocycles. The Labute approximate surface area is 127 Å². The second-order valence-electron chi connectivity index (χ2n) is 5.33. The van der Waals surface area contributed by atoms with Gasteiger partial charge >= 0.3 is 0 Å². The number of hydrogen-bond donors (Lipinski definition) is 2. The van der Waals surface area contributed by atoms with Gasteiger partial charge in [-0.2, -0.15) is 0 Å². The number of carbonyl (C=O) groups is 1. The fourth-order valence-corrected chi connectivity index (χ4v) is 2.46. The lowest BCUT2D eigenvalue weighted by molar-refractivity contribution is -0.120. The highest BCUT2D eigenvalue weighted by Gasteiger charge is 2.20. The quantitative estimate of drug-likeness (QED) is 0.874. The van der Waals surface area contributed by atoms with Crippen molar-refractivity contribution in [1.29, 1.82) is 0 Å². The Morgan fingerprint density at radius 1 is 1.35 bits per heavy atom. The normalized spacial score (nSPS) is 18.1. The molecule has 1 aromatic carbocycles. The zero-order valence-electron chi connectivity index (χ0n) is 12.2. The molecule has 3 nitrogen and oxygen atoms in total. The van der Waals surface area contributed by atoms with E-state index >= 15 is 0 Å². The molecule has 112 valence electrons. The van der Waals surface area contributed by atoms with Crippen LogP contribution in [0.3, 0.4) is 0 Å². The summed E-state index contributed by atoms with van der Waals surface area (Å²) in [5.74, 6) is 0.266. The number of carbonyl (C=O) groups excluding carboxylic acids is 1. The maximum Gasteiger partial charge on any atom is 0.228 e. The number of piperidine rings is 1. The van der Waals surface area contributed by atoms with E-state index in [1.807, 2.05) is 12.1 Å². The Bertz CT molecular complexity index is 399. The van der Waals surface area contributed by atoms with Gasteiger partial charge < -0.3 is 10.6 Å². The smallest absolute Gasteiger partial charge is 0.228 e. The van der Waals surface area contributed by atoms with Crippen LogP contribution in [-0.4, -0.2) is 19.0 Å². The average Bonchev–Trinajstić information content (AvgIpc) is 2.47. The van der Waals surface area contributed by atoms with Crippen LogP contribution in [0.25, 0.3) is 0 Å². The highest BCUT2D eigenvalue weighted by Crippen LogP contribution is 2.15. The monoisotopic (exact) mass is 296 g/mol. The predicted octanol–water partition coefficient (Wildman–Crippen LogP) is 3.39. The van der Waals surface area contributed by atoms with Gasteiger partial charge in [-0.1, -0.05) is 25.5 Å². The number of hydrogen-bond acceptors (Lipinski definition) is 2. The summed E-state index contributed by atoms with van der Waals surface area (Å²) >= 11 is 0. The van der Waals surface area contributed by atoms with E-state index in [9.17, 15) is 4.79 Å².